The van der Waals surface area contributed by atoms with Gasteiger partial charge in [-0.1, -0.05) is 210 Å². The molecule has 44 heteroatoms. The first kappa shape index (κ1) is 111. The Balaban J connectivity index is 0.000000176. The number of nitrogens with two attached hydrogens (primary N) is 2. The van der Waals surface area contributed by atoms with Crippen LogP contribution < -0.4 is 27.0 Å². The highest BCUT2D eigenvalue weighted by molar-refractivity contribution is 6.83. The molecule has 6 unspecified atom stereocenters. The van der Waals surface area contributed by atoms with Crippen molar-refractivity contribution >= 4 is 159 Å². The number of ether oxygens (including phenoxy) is 6. The topological polar surface area (TPSA) is 480 Å². The lowest BCUT2D eigenvalue weighted by Gasteiger charge is -2.39. The van der Waals surface area contributed by atoms with E-state index in [1.807, 2.05) is 44.7 Å². The Morgan fingerprint density at radius 2 is 0.841 bits per heavy atom. The van der Waals surface area contributed by atoms with Crippen LogP contribution in [0.25, 0.3) is 44.1 Å². The van der Waals surface area contributed by atoms with Crippen LogP contribution >= 0.6 is 46.4 Å². The first-order valence-corrected chi connectivity index (χ1v) is 60.6. The number of nitrogen functional groups attached to an aromatic ring is 2. The first-order valence-electron chi connectivity index (χ1n) is 47.1. The minimum absolute atomic E-state index is 0.00582. The molecule has 8 aromatic heterocycles. The summed E-state index contributed by atoms with van der Waals surface area (Å²) in [5.74, 6) is 1.15. The molecule has 36 nitrogen and oxygen atoms in total. The van der Waals surface area contributed by atoms with E-state index in [9.17, 15) is 50.6 Å². The molecule has 0 aliphatic carbocycles. The summed E-state index contributed by atoms with van der Waals surface area (Å²) < 4.78 is 58.0. The summed E-state index contributed by atoms with van der Waals surface area (Å²) in [7, 11) is -7.71. The number of fused-ring (bicyclic) bond motifs is 4. The maximum atomic E-state index is 12.8. The van der Waals surface area contributed by atoms with Crippen molar-refractivity contribution in [3.05, 3.63) is 153 Å². The molecular formula is C94H142Cl4N18O18Si4. The summed E-state index contributed by atoms with van der Waals surface area (Å²) >= 11 is 26.1. The van der Waals surface area contributed by atoms with Crippen LogP contribution in [-0.2, 0) is 63.0 Å². The number of nitrogens with zero attached hydrogens (tertiary/aromatic N) is 13. The van der Waals surface area contributed by atoms with Gasteiger partial charge in [-0.25, -0.2) is 15.0 Å². The second kappa shape index (κ2) is 43.8. The molecule has 14 rings (SSSR count). The average molecular weight is 2070 g/mol. The number of rotatable bonds is 30. The molecular weight excluding hydrogens is 1920 g/mol. The molecule has 12 heterocycles. The van der Waals surface area contributed by atoms with Crippen molar-refractivity contribution in [2.24, 2.45) is 11.8 Å². The standard InChI is InChI=1S/C25H44Cl2N4O2Si2.C25H45ClN4O3Si2.C22H26ClN5O6.C22H27N5O7/c1-12-17-18(33-35(10,11)25(5,6)7)13-19(32-17)31-15-16(14-26)20-21(27)28-23(29-22(20)31)30-34(8,9)24(2,3)4;1-12-17-18(33-35(10,11)25(5,6)7)13-19(32-17)30-14-16(15-31)20-21(26)27-23(28-22(20)30)29-34(8,9)24(2,3)4;1-11(2)19(13-5-3-4-6-14(13)28(31)32)33-10-12-8-27(17-7-15(30)16(9-29)34-17)21-18(12)20(23)25-22(24)26-21;1-11(2)19(13-5-3-4-6-14(13)27(31)32)33-10-12-8-26(17-7-15(29)16(9-28)34-17)20-18(12)21(30)25-22(23)24-20/h15,17-19H,12-14H2,1-11H3,(H,28,29,30);14,17-19,31H,12-13,15H2,1-11H3,(H,27,28,29);3-6,8,11,15-17,19,29-30H,7,9-10H2,1-2H3,(H2,24,25,26);3-6,8,11,15-17,19,28-29H,7,9-10H2,1-2H3,(H3,23,24,25,30)/t2*17-,18?,19-;2*15?,16-,17-,19?/m1111/s1. The second-order valence-electron chi connectivity index (χ2n) is 43.0. The zero-order valence-electron chi connectivity index (χ0n) is 84.2. The van der Waals surface area contributed by atoms with Gasteiger partial charge in [0.2, 0.25) is 23.8 Å². The van der Waals surface area contributed by atoms with Crippen LogP contribution in [0.1, 0.15) is 234 Å². The van der Waals surface area contributed by atoms with Gasteiger partial charge in [0.25, 0.3) is 16.9 Å². The minimum Gasteiger partial charge on any atom is -0.411 e. The van der Waals surface area contributed by atoms with Crippen molar-refractivity contribution < 1.29 is 72.7 Å². The average Bonchev–Trinajstić information content (AvgIpc) is 1.61. The highest BCUT2D eigenvalue weighted by Crippen LogP contribution is 2.49. The third kappa shape index (κ3) is 24.3. The summed E-state index contributed by atoms with van der Waals surface area (Å²) in [5.41, 5.74) is 16.8. The molecule has 12 N–H and O–H groups in total. The molecule has 0 saturated carbocycles. The number of halogens is 4. The lowest BCUT2D eigenvalue weighted by molar-refractivity contribution is -0.386. The molecule has 0 amide bonds. The predicted octanol–water partition coefficient (Wildman–Crippen LogP) is 20.3. The Bertz CT molecular complexity index is 5850. The van der Waals surface area contributed by atoms with Gasteiger partial charge in [0, 0.05) is 85.2 Å². The summed E-state index contributed by atoms with van der Waals surface area (Å²) in [6, 6.07) is 12.9. The fourth-order valence-corrected chi connectivity index (χ4v) is 22.4. The molecule has 138 heavy (non-hydrogen) atoms. The Morgan fingerprint density at radius 3 is 1.20 bits per heavy atom. The molecule has 760 valence electrons. The summed E-state index contributed by atoms with van der Waals surface area (Å²) in [4.78, 5) is 76.4. The number of aromatic amines is 1. The monoisotopic (exact) mass is 2060 g/mol. The van der Waals surface area contributed by atoms with E-state index in [1.54, 1.807) is 57.9 Å². The zero-order valence-corrected chi connectivity index (χ0v) is 91.2. The van der Waals surface area contributed by atoms with Gasteiger partial charge < -0.3 is 103 Å². The van der Waals surface area contributed by atoms with Gasteiger partial charge in [-0.05, 0) is 88.7 Å². The smallest absolute Gasteiger partial charge is 0.275 e. The number of para-hydroxylation sites is 2. The number of nitrogens with one attached hydrogen (secondary N) is 3. The van der Waals surface area contributed by atoms with Gasteiger partial charge in [-0.15, -0.1) is 11.6 Å². The third-order valence-corrected chi connectivity index (χ3v) is 47.8. The maximum absolute atomic E-state index is 12.8. The zero-order chi connectivity index (χ0) is 102. The Kier molecular flexibility index (Phi) is 35.1. The summed E-state index contributed by atoms with van der Waals surface area (Å²) in [5, 5.41) is 76.0. The number of nitro groups is 2. The van der Waals surface area contributed by atoms with E-state index in [0.717, 1.165) is 42.3 Å². The van der Waals surface area contributed by atoms with Gasteiger partial charge in [-0.3, -0.25) is 30.0 Å². The van der Waals surface area contributed by atoms with Gasteiger partial charge in [0.05, 0.1) is 124 Å². The highest BCUT2D eigenvalue weighted by atomic mass is 35.5. The largest absolute Gasteiger partial charge is 0.411 e. The number of H-pyrrole nitrogens is 1. The number of benzene rings is 2. The molecule has 0 spiro atoms. The van der Waals surface area contributed by atoms with E-state index in [1.165, 1.54) is 12.1 Å². The number of aromatic nitrogens is 12. The Hall–Kier alpha value is -7.77. The van der Waals surface area contributed by atoms with Crippen LogP contribution in [0.2, 0.25) is 88.0 Å². The van der Waals surface area contributed by atoms with Crippen LogP contribution in [0, 0.1) is 32.1 Å². The SMILES string of the molecule is CC(C)C(OCc1cn([C@H]2CC(O)[C@@H](CO)O2)c2nc(N)[nH]c(=O)c12)c1ccccc1[N+](=O)[O-].CC(C)C(OCc1cn([C@H]2CC(O)[C@@H](CO)O2)c2nc(N)nc(Cl)c12)c1ccccc1[N+](=O)[O-].CC[C@H]1O[C@@H](n2cc(CCl)c3c(Cl)nc(N[Si](C)(C)C(C)(C)C)nc32)CC1O[Si](C)(C)C(C)(C)C.CC[C@H]1O[C@@H](n2cc(CO)c3c(Cl)nc(N[Si](C)(C)C(C)(C)C)nc32)CC1O[Si](C)(C)C(C)(C)C. The molecule has 0 bridgehead atoms. The lowest BCUT2D eigenvalue weighted by Crippen LogP contribution is -2.46. The van der Waals surface area contributed by atoms with Crippen molar-refractivity contribution in [3.63, 3.8) is 0 Å². The van der Waals surface area contributed by atoms with E-state index in [0.29, 0.717) is 78.0 Å². The number of nitro benzene ring substituents is 2. The Labute approximate surface area is 830 Å². The van der Waals surface area contributed by atoms with Crippen LogP contribution in [0.15, 0.2) is 78.1 Å². The van der Waals surface area contributed by atoms with E-state index in [4.69, 9.17) is 105 Å². The fourth-order valence-electron chi connectivity index (χ4n) is 16.5. The van der Waals surface area contributed by atoms with Crippen LogP contribution in [0.3, 0.4) is 0 Å². The van der Waals surface area contributed by atoms with Crippen molar-refractivity contribution in [2.75, 3.05) is 34.6 Å². The molecule has 10 aromatic rings. The van der Waals surface area contributed by atoms with Crippen molar-refractivity contribution in [3.8, 4) is 0 Å². The number of anilines is 4. The second-order valence-corrected chi connectivity index (χ2v) is 63.9. The summed E-state index contributed by atoms with van der Waals surface area (Å²) in [6.07, 6.45) is 5.02. The van der Waals surface area contributed by atoms with Gasteiger partial charge >= 0.3 is 0 Å². The fraction of sp³-hybridized carbons (Fsp3) is 0.617. The van der Waals surface area contributed by atoms with E-state index >= 15 is 0 Å². The van der Waals surface area contributed by atoms with Gasteiger partial charge in [-0.2, -0.15) is 19.9 Å². The van der Waals surface area contributed by atoms with E-state index in [2.05, 4.69) is 194 Å². The maximum Gasteiger partial charge on any atom is 0.275 e. The number of hydrogen-bond acceptors (Lipinski definition) is 29. The van der Waals surface area contributed by atoms with E-state index in [-0.39, 0.29) is 154 Å². The summed E-state index contributed by atoms with van der Waals surface area (Å²) in [6.45, 7) is 56.5. The van der Waals surface area contributed by atoms with Crippen molar-refractivity contribution in [2.45, 2.75) is 347 Å². The Morgan fingerprint density at radius 1 is 0.500 bits per heavy atom. The number of alkyl halides is 1. The molecule has 14 atom stereocenters. The van der Waals surface area contributed by atoms with Gasteiger partial charge in [0.15, 0.2) is 38.8 Å². The third-order valence-electron chi connectivity index (χ3n) is 28.4. The molecule has 4 fully saturated rings. The predicted molar refractivity (Wildman–Crippen MR) is 550 cm³/mol. The van der Waals surface area contributed by atoms with Crippen LogP contribution in [-0.4, -0.2) is 189 Å². The quantitative estimate of drug-likeness (QED) is 0.00657. The van der Waals surface area contributed by atoms with Crippen LogP contribution in [0.5, 0.6) is 0 Å². The molecule has 0 radical (unpaired) electrons. The van der Waals surface area contributed by atoms with Crippen molar-refractivity contribution in [1.29, 1.82) is 0 Å². The molecule has 2 aromatic carbocycles. The first-order chi connectivity index (χ1) is 64.2. The highest BCUT2D eigenvalue weighted by Gasteiger charge is 2.49. The van der Waals surface area contributed by atoms with Gasteiger partial charge in [0.1, 0.15) is 69.5 Å². The number of aliphatic hydroxyl groups excluding tert-OH is 5. The van der Waals surface area contributed by atoms with Crippen molar-refractivity contribution in [1.82, 2.24) is 58.1 Å². The van der Waals surface area contributed by atoms with Crippen LogP contribution in [0.4, 0.5) is 35.2 Å². The minimum atomic E-state index is -1.96. The molecule has 4 aliphatic heterocycles. The number of hydrogen-bond donors (Lipinski definition) is 10. The lowest BCUT2D eigenvalue weighted by atomic mass is 9.97. The van der Waals surface area contributed by atoms with E-state index < -0.39 is 97.6 Å². The molecule has 4 aliphatic rings. The number of aliphatic hydroxyl groups is 5. The molecule has 4 saturated heterocycles. The normalized spacial score (nSPS) is 21.8.